The summed E-state index contributed by atoms with van der Waals surface area (Å²) in [5, 5.41) is 12.6. The van der Waals surface area contributed by atoms with Gasteiger partial charge in [-0.15, -0.1) is 0 Å². The van der Waals surface area contributed by atoms with E-state index in [0.717, 1.165) is 49.7 Å². The van der Waals surface area contributed by atoms with Crippen molar-refractivity contribution in [3.8, 4) is 0 Å². The molecule has 2 N–H and O–H groups in total. The molecule has 0 aliphatic heterocycles. The Hall–Kier alpha value is -2.90. The number of aromatic carboxylic acids is 1. The SMILES string of the molecule is CCCCNC(=O)N(CCO[C@H]1CCC[C@@H](OCc2cccc(C)c2C(=O)O)C1)Cc1ccc(C)cc1. The third kappa shape index (κ3) is 9.17. The Kier molecular flexibility index (Phi) is 11.4. The zero-order valence-corrected chi connectivity index (χ0v) is 22.5. The van der Waals surface area contributed by atoms with E-state index >= 15 is 0 Å². The highest BCUT2D eigenvalue weighted by atomic mass is 16.5. The van der Waals surface area contributed by atoms with Gasteiger partial charge in [-0.25, -0.2) is 9.59 Å². The molecule has 7 nitrogen and oxygen atoms in total. The summed E-state index contributed by atoms with van der Waals surface area (Å²) in [6.45, 7) is 8.45. The van der Waals surface area contributed by atoms with Crippen molar-refractivity contribution in [2.45, 2.75) is 84.7 Å². The molecule has 37 heavy (non-hydrogen) atoms. The van der Waals surface area contributed by atoms with Crippen LogP contribution in [0.5, 0.6) is 0 Å². The third-order valence-corrected chi connectivity index (χ3v) is 6.93. The standard InChI is InChI=1S/C30H42N2O5/c1-4-5-16-31-30(35)32(20-24-14-12-22(2)13-15-24)17-18-36-26-10-7-11-27(19-26)37-21-25-9-6-8-23(3)28(25)29(33)34/h6,8-9,12-15,26-27H,4-5,7,10-11,16-21H2,1-3H3,(H,31,35)(H,33,34)/t26-,27+/m0/s1. The molecule has 2 aromatic rings. The van der Waals surface area contributed by atoms with E-state index in [0.29, 0.717) is 37.4 Å². The van der Waals surface area contributed by atoms with Crippen molar-refractivity contribution in [2.75, 3.05) is 19.7 Å². The van der Waals surface area contributed by atoms with Gasteiger partial charge in [0.1, 0.15) is 0 Å². The molecule has 0 aromatic heterocycles. The number of unbranched alkanes of at least 4 members (excludes halogenated alkanes) is 1. The first kappa shape index (κ1) is 28.7. The van der Waals surface area contributed by atoms with Crippen LogP contribution < -0.4 is 5.32 Å². The summed E-state index contributed by atoms with van der Waals surface area (Å²) in [4.78, 5) is 26.3. The zero-order valence-electron chi connectivity index (χ0n) is 22.5. The second-order valence-corrected chi connectivity index (χ2v) is 10.00. The van der Waals surface area contributed by atoms with E-state index in [4.69, 9.17) is 9.47 Å². The second kappa shape index (κ2) is 14.7. The normalized spacial score (nSPS) is 17.4. The molecule has 1 saturated carbocycles. The zero-order chi connectivity index (χ0) is 26.6. The van der Waals surface area contributed by atoms with Crippen molar-refractivity contribution in [1.29, 1.82) is 0 Å². The first-order valence-corrected chi connectivity index (χ1v) is 13.5. The Bertz CT molecular complexity index is 1010. The minimum Gasteiger partial charge on any atom is -0.478 e. The van der Waals surface area contributed by atoms with Gasteiger partial charge in [-0.1, -0.05) is 61.4 Å². The van der Waals surface area contributed by atoms with E-state index in [2.05, 4.69) is 43.4 Å². The Morgan fingerprint density at radius 2 is 1.78 bits per heavy atom. The molecule has 1 aliphatic rings. The minimum atomic E-state index is -0.921. The van der Waals surface area contributed by atoms with Gasteiger partial charge in [0.15, 0.2) is 0 Å². The summed E-state index contributed by atoms with van der Waals surface area (Å²) in [5.41, 5.74) is 4.07. The smallest absolute Gasteiger partial charge is 0.336 e. The van der Waals surface area contributed by atoms with Crippen molar-refractivity contribution in [3.05, 3.63) is 70.3 Å². The summed E-state index contributed by atoms with van der Waals surface area (Å²) in [6.07, 6.45) is 5.77. The van der Waals surface area contributed by atoms with E-state index in [9.17, 15) is 14.7 Å². The van der Waals surface area contributed by atoms with E-state index in [-0.39, 0.29) is 24.8 Å². The summed E-state index contributed by atoms with van der Waals surface area (Å²) < 4.78 is 12.4. The molecule has 0 unspecified atom stereocenters. The van der Waals surface area contributed by atoms with Crippen LogP contribution in [0.25, 0.3) is 0 Å². The molecule has 0 heterocycles. The molecule has 0 radical (unpaired) electrons. The minimum absolute atomic E-state index is 0.0295. The van der Waals surface area contributed by atoms with Crippen LogP contribution in [-0.4, -0.2) is 53.9 Å². The Labute approximate surface area is 221 Å². The fraction of sp³-hybridized carbons (Fsp3) is 0.533. The predicted molar refractivity (Wildman–Crippen MR) is 145 cm³/mol. The van der Waals surface area contributed by atoms with Crippen LogP contribution in [0.15, 0.2) is 42.5 Å². The number of rotatable bonds is 13. The summed E-state index contributed by atoms with van der Waals surface area (Å²) in [7, 11) is 0. The number of aryl methyl sites for hydroxylation is 2. The van der Waals surface area contributed by atoms with Crippen molar-refractivity contribution >= 4 is 12.0 Å². The lowest BCUT2D eigenvalue weighted by Gasteiger charge is -2.30. The van der Waals surface area contributed by atoms with Crippen LogP contribution in [0.1, 0.15) is 78.1 Å². The molecular weight excluding hydrogens is 468 g/mol. The first-order valence-electron chi connectivity index (χ1n) is 13.5. The molecule has 1 fully saturated rings. The quantitative estimate of drug-likeness (QED) is 0.330. The van der Waals surface area contributed by atoms with E-state index in [1.165, 1.54) is 5.56 Å². The highest BCUT2D eigenvalue weighted by Gasteiger charge is 2.24. The first-order chi connectivity index (χ1) is 17.9. The highest BCUT2D eigenvalue weighted by Crippen LogP contribution is 2.25. The van der Waals surface area contributed by atoms with E-state index < -0.39 is 5.97 Å². The van der Waals surface area contributed by atoms with Crippen LogP contribution in [0.3, 0.4) is 0 Å². The number of carboxylic acids is 1. The Morgan fingerprint density at radius 3 is 2.49 bits per heavy atom. The lowest BCUT2D eigenvalue weighted by atomic mass is 9.94. The number of carboxylic acid groups (broad SMARTS) is 1. The van der Waals surface area contributed by atoms with Crippen molar-refractivity contribution in [3.63, 3.8) is 0 Å². The monoisotopic (exact) mass is 510 g/mol. The lowest BCUT2D eigenvalue weighted by Crippen LogP contribution is -2.42. The maximum absolute atomic E-state index is 12.8. The maximum atomic E-state index is 12.8. The topological polar surface area (TPSA) is 88.1 Å². The van der Waals surface area contributed by atoms with Crippen molar-refractivity contribution in [1.82, 2.24) is 10.2 Å². The molecule has 0 spiro atoms. The van der Waals surface area contributed by atoms with Crippen molar-refractivity contribution < 1.29 is 24.2 Å². The van der Waals surface area contributed by atoms with Crippen LogP contribution in [-0.2, 0) is 22.6 Å². The molecule has 2 aromatic carbocycles. The summed E-state index contributed by atoms with van der Waals surface area (Å²) in [5.74, 6) is -0.921. The van der Waals surface area contributed by atoms with Gasteiger partial charge < -0.3 is 24.8 Å². The third-order valence-electron chi connectivity index (χ3n) is 6.93. The maximum Gasteiger partial charge on any atom is 0.336 e. The molecule has 1 aliphatic carbocycles. The molecule has 2 amide bonds. The molecule has 202 valence electrons. The van der Waals surface area contributed by atoms with Crippen LogP contribution in [0.2, 0.25) is 0 Å². The van der Waals surface area contributed by atoms with Gasteiger partial charge in [-0.3, -0.25) is 0 Å². The summed E-state index contributed by atoms with van der Waals surface area (Å²) in [6, 6.07) is 13.7. The highest BCUT2D eigenvalue weighted by molar-refractivity contribution is 5.91. The molecule has 2 atom stereocenters. The predicted octanol–water partition coefficient (Wildman–Crippen LogP) is 5.86. The average Bonchev–Trinajstić information content (AvgIpc) is 2.88. The van der Waals surface area contributed by atoms with Gasteiger partial charge in [-0.05, 0) is 62.6 Å². The van der Waals surface area contributed by atoms with Gasteiger partial charge >= 0.3 is 12.0 Å². The van der Waals surface area contributed by atoms with Crippen molar-refractivity contribution in [2.24, 2.45) is 0 Å². The number of carbonyl (C=O) groups excluding carboxylic acids is 1. The van der Waals surface area contributed by atoms with Gasteiger partial charge in [0.2, 0.25) is 0 Å². The Morgan fingerprint density at radius 1 is 1.05 bits per heavy atom. The number of carbonyl (C=O) groups is 2. The van der Waals surface area contributed by atoms with Gasteiger partial charge in [-0.2, -0.15) is 0 Å². The molecule has 3 rings (SSSR count). The Balaban J connectivity index is 1.50. The second-order valence-electron chi connectivity index (χ2n) is 10.00. The van der Waals surface area contributed by atoms with E-state index in [1.807, 2.05) is 30.0 Å². The van der Waals surface area contributed by atoms with Gasteiger partial charge in [0.25, 0.3) is 0 Å². The van der Waals surface area contributed by atoms with Crippen LogP contribution in [0.4, 0.5) is 4.79 Å². The fourth-order valence-electron chi connectivity index (χ4n) is 4.75. The average molecular weight is 511 g/mol. The number of nitrogens with one attached hydrogen (secondary N) is 1. The number of hydrogen-bond acceptors (Lipinski definition) is 4. The van der Waals surface area contributed by atoms with E-state index in [1.54, 1.807) is 0 Å². The number of amides is 2. The number of hydrogen-bond donors (Lipinski definition) is 2. The molecule has 7 heteroatoms. The number of benzene rings is 2. The van der Waals surface area contributed by atoms with Gasteiger partial charge in [0, 0.05) is 19.6 Å². The number of urea groups is 1. The summed E-state index contributed by atoms with van der Waals surface area (Å²) >= 11 is 0. The number of ether oxygens (including phenoxy) is 2. The molecule has 0 bridgehead atoms. The van der Waals surface area contributed by atoms with Crippen LogP contribution >= 0.6 is 0 Å². The van der Waals surface area contributed by atoms with Gasteiger partial charge in [0.05, 0.1) is 31.0 Å². The lowest BCUT2D eigenvalue weighted by molar-refractivity contribution is -0.0526. The fourth-order valence-corrected chi connectivity index (χ4v) is 4.75. The largest absolute Gasteiger partial charge is 0.478 e. The molecule has 0 saturated heterocycles. The van der Waals surface area contributed by atoms with Crippen LogP contribution in [0, 0.1) is 13.8 Å². The number of nitrogens with zero attached hydrogens (tertiary/aromatic N) is 1. The molecular formula is C30H42N2O5.